The molecule has 0 spiro atoms. The lowest BCUT2D eigenvalue weighted by Crippen LogP contribution is -2.43. The molecule has 10 heteroatoms. The van der Waals surface area contributed by atoms with E-state index in [0.29, 0.717) is 48.3 Å². The van der Waals surface area contributed by atoms with Gasteiger partial charge < -0.3 is 19.1 Å². The molecule has 34 heavy (non-hydrogen) atoms. The van der Waals surface area contributed by atoms with E-state index in [0.717, 1.165) is 21.8 Å². The molecule has 0 radical (unpaired) electrons. The number of methoxy groups -OCH3 is 1. The second kappa shape index (κ2) is 11.1. The number of imide groups is 1. The van der Waals surface area contributed by atoms with E-state index in [1.54, 1.807) is 29.2 Å². The van der Waals surface area contributed by atoms with Crippen LogP contribution in [-0.4, -0.2) is 66.9 Å². The van der Waals surface area contributed by atoms with E-state index in [1.807, 2.05) is 24.3 Å². The molecule has 0 N–H and O–H groups in total. The smallest absolute Gasteiger partial charge is 0.293 e. The highest BCUT2D eigenvalue weighted by molar-refractivity contribution is 9.10. The fraction of sp³-hybridized carbons (Fsp3) is 0.292. The maximum Gasteiger partial charge on any atom is 0.293 e. The van der Waals surface area contributed by atoms with Gasteiger partial charge >= 0.3 is 0 Å². The van der Waals surface area contributed by atoms with Crippen LogP contribution in [0.5, 0.6) is 11.5 Å². The summed E-state index contributed by atoms with van der Waals surface area (Å²) in [5.74, 6) is 0.393. The number of hydrogen-bond acceptors (Lipinski definition) is 7. The SMILES string of the molecule is COc1cc(/C=C2\SC(=O)N(Cc3ccc(Br)cc3)C2=O)ccc1OCC(=O)N1CCOCC1. The molecule has 2 aliphatic rings. The van der Waals surface area contributed by atoms with Crippen LogP contribution in [-0.2, 0) is 20.9 Å². The van der Waals surface area contributed by atoms with Crippen LogP contribution >= 0.6 is 27.7 Å². The Kier molecular flexibility index (Phi) is 7.91. The maximum atomic E-state index is 12.8. The third-order valence-electron chi connectivity index (χ3n) is 5.33. The number of benzene rings is 2. The van der Waals surface area contributed by atoms with Gasteiger partial charge in [0.25, 0.3) is 17.1 Å². The molecular formula is C24H23BrN2O6S. The summed E-state index contributed by atoms with van der Waals surface area (Å²) in [5.41, 5.74) is 1.54. The lowest BCUT2D eigenvalue weighted by molar-refractivity contribution is -0.137. The third kappa shape index (κ3) is 5.81. The second-order valence-corrected chi connectivity index (χ2v) is 9.50. The number of nitrogens with zero attached hydrogens (tertiary/aromatic N) is 2. The summed E-state index contributed by atoms with van der Waals surface area (Å²) < 4.78 is 17.3. The van der Waals surface area contributed by atoms with Gasteiger partial charge in [0.05, 0.1) is 31.8 Å². The van der Waals surface area contributed by atoms with Crippen LogP contribution in [0.2, 0.25) is 0 Å². The Hall–Kier alpha value is -2.82. The highest BCUT2D eigenvalue weighted by Crippen LogP contribution is 2.35. The summed E-state index contributed by atoms with van der Waals surface area (Å²) in [6.45, 7) is 2.26. The lowest BCUT2D eigenvalue weighted by Gasteiger charge is -2.26. The number of rotatable bonds is 7. The van der Waals surface area contributed by atoms with Gasteiger partial charge in [-0.2, -0.15) is 0 Å². The van der Waals surface area contributed by atoms with Crippen molar-refractivity contribution < 1.29 is 28.6 Å². The summed E-state index contributed by atoms with van der Waals surface area (Å²) in [6.07, 6.45) is 1.65. The minimum atomic E-state index is -0.340. The molecule has 0 bridgehead atoms. The van der Waals surface area contributed by atoms with Gasteiger partial charge in [-0.15, -0.1) is 0 Å². The van der Waals surface area contributed by atoms with Crippen molar-refractivity contribution in [2.24, 2.45) is 0 Å². The Morgan fingerprint density at radius 2 is 1.85 bits per heavy atom. The van der Waals surface area contributed by atoms with E-state index in [4.69, 9.17) is 14.2 Å². The summed E-state index contributed by atoms with van der Waals surface area (Å²) in [4.78, 5) is 40.9. The summed E-state index contributed by atoms with van der Waals surface area (Å²) in [6, 6.07) is 12.6. The zero-order chi connectivity index (χ0) is 24.1. The average molecular weight is 547 g/mol. The largest absolute Gasteiger partial charge is 0.493 e. The van der Waals surface area contributed by atoms with Crippen molar-refractivity contribution in [3.05, 3.63) is 63.0 Å². The quantitative estimate of drug-likeness (QED) is 0.486. The number of hydrogen-bond donors (Lipinski definition) is 0. The van der Waals surface area contributed by atoms with Gasteiger partial charge in [-0.3, -0.25) is 19.3 Å². The fourth-order valence-corrected chi connectivity index (χ4v) is 4.60. The first-order valence-corrected chi connectivity index (χ1v) is 12.2. The van der Waals surface area contributed by atoms with Crippen molar-refractivity contribution in [1.29, 1.82) is 0 Å². The van der Waals surface area contributed by atoms with Crippen LogP contribution < -0.4 is 9.47 Å². The van der Waals surface area contributed by atoms with Gasteiger partial charge in [0.15, 0.2) is 18.1 Å². The molecule has 2 heterocycles. The number of ether oxygens (including phenoxy) is 3. The molecule has 0 atom stereocenters. The Bertz CT molecular complexity index is 1110. The molecule has 0 aliphatic carbocycles. The van der Waals surface area contributed by atoms with Crippen LogP contribution in [0.3, 0.4) is 0 Å². The van der Waals surface area contributed by atoms with Crippen LogP contribution in [0.15, 0.2) is 51.8 Å². The highest BCUT2D eigenvalue weighted by atomic mass is 79.9. The normalized spacial score (nSPS) is 17.4. The molecule has 2 aromatic rings. The van der Waals surface area contributed by atoms with Crippen LogP contribution in [0.1, 0.15) is 11.1 Å². The number of halogens is 1. The van der Waals surface area contributed by atoms with Crippen LogP contribution in [0.25, 0.3) is 6.08 Å². The molecular weight excluding hydrogens is 524 g/mol. The Labute approximate surface area is 210 Å². The van der Waals surface area contributed by atoms with Gasteiger partial charge in [0, 0.05) is 17.6 Å². The molecule has 0 unspecified atom stereocenters. The monoisotopic (exact) mass is 546 g/mol. The van der Waals surface area contributed by atoms with Gasteiger partial charge in [-0.05, 0) is 53.2 Å². The van der Waals surface area contributed by atoms with E-state index in [9.17, 15) is 14.4 Å². The molecule has 3 amide bonds. The van der Waals surface area contributed by atoms with Gasteiger partial charge in [0.2, 0.25) is 0 Å². The molecule has 178 valence electrons. The number of morpholine rings is 1. The molecule has 2 saturated heterocycles. The third-order valence-corrected chi connectivity index (χ3v) is 6.76. The van der Waals surface area contributed by atoms with Gasteiger partial charge in [-0.1, -0.05) is 34.1 Å². The predicted molar refractivity (Wildman–Crippen MR) is 132 cm³/mol. The topological polar surface area (TPSA) is 85.4 Å². The molecule has 8 nitrogen and oxygen atoms in total. The van der Waals surface area contributed by atoms with E-state index < -0.39 is 0 Å². The Morgan fingerprint density at radius 1 is 1.12 bits per heavy atom. The van der Waals surface area contributed by atoms with Crippen molar-refractivity contribution in [2.45, 2.75) is 6.54 Å². The van der Waals surface area contributed by atoms with E-state index >= 15 is 0 Å². The summed E-state index contributed by atoms with van der Waals surface area (Å²) in [5, 5.41) is -0.312. The van der Waals surface area contributed by atoms with Gasteiger partial charge in [0.1, 0.15) is 0 Å². The fourth-order valence-electron chi connectivity index (χ4n) is 3.50. The van der Waals surface area contributed by atoms with Crippen molar-refractivity contribution in [3.8, 4) is 11.5 Å². The van der Waals surface area contributed by atoms with Crippen molar-refractivity contribution in [2.75, 3.05) is 40.0 Å². The van der Waals surface area contributed by atoms with Crippen molar-refractivity contribution >= 4 is 50.8 Å². The van der Waals surface area contributed by atoms with E-state index in [2.05, 4.69) is 15.9 Å². The molecule has 0 aromatic heterocycles. The zero-order valence-corrected chi connectivity index (χ0v) is 20.9. The summed E-state index contributed by atoms with van der Waals surface area (Å²) >= 11 is 4.28. The molecule has 0 saturated carbocycles. The Morgan fingerprint density at radius 3 is 2.56 bits per heavy atom. The first-order chi connectivity index (χ1) is 16.4. The number of thioether (sulfide) groups is 1. The van der Waals surface area contributed by atoms with E-state index in [1.165, 1.54) is 12.0 Å². The standard InChI is InChI=1S/C24H23BrN2O6S/c1-31-20-12-17(4-7-19(20)33-15-22(28)26-8-10-32-11-9-26)13-21-23(29)27(24(30)34-21)14-16-2-5-18(25)6-3-16/h2-7,12-13H,8-11,14-15H2,1H3/b21-13-. The van der Waals surface area contributed by atoms with Crippen molar-refractivity contribution in [3.63, 3.8) is 0 Å². The number of amides is 3. The van der Waals surface area contributed by atoms with Crippen molar-refractivity contribution in [1.82, 2.24) is 9.80 Å². The zero-order valence-electron chi connectivity index (χ0n) is 18.5. The first-order valence-electron chi connectivity index (χ1n) is 10.6. The van der Waals surface area contributed by atoms with Gasteiger partial charge in [-0.25, -0.2) is 0 Å². The number of carbonyl (C=O) groups is 3. The summed E-state index contributed by atoms with van der Waals surface area (Å²) in [7, 11) is 1.50. The van der Waals surface area contributed by atoms with E-state index in [-0.39, 0.29) is 30.2 Å². The highest BCUT2D eigenvalue weighted by Gasteiger charge is 2.35. The second-order valence-electron chi connectivity index (χ2n) is 7.59. The van der Waals surface area contributed by atoms with Crippen LogP contribution in [0.4, 0.5) is 4.79 Å². The Balaban J connectivity index is 1.43. The maximum absolute atomic E-state index is 12.8. The molecule has 2 aromatic carbocycles. The average Bonchev–Trinajstić information content (AvgIpc) is 3.12. The predicted octanol–water partition coefficient (Wildman–Crippen LogP) is 3.93. The minimum Gasteiger partial charge on any atom is -0.493 e. The molecule has 4 rings (SSSR count). The first kappa shape index (κ1) is 24.3. The lowest BCUT2D eigenvalue weighted by atomic mass is 10.1. The molecule has 2 fully saturated rings. The minimum absolute atomic E-state index is 0.106. The molecule has 2 aliphatic heterocycles. The van der Waals surface area contributed by atoms with Crippen LogP contribution in [0, 0.1) is 0 Å². The number of carbonyl (C=O) groups excluding carboxylic acids is 3.